The van der Waals surface area contributed by atoms with E-state index in [-0.39, 0.29) is 0 Å². The molecule has 0 amide bonds. The Morgan fingerprint density at radius 1 is 1.43 bits per heavy atom. The van der Waals surface area contributed by atoms with Gasteiger partial charge in [0, 0.05) is 12.4 Å². The van der Waals surface area contributed by atoms with Gasteiger partial charge in [-0.3, -0.25) is 9.36 Å². The summed E-state index contributed by atoms with van der Waals surface area (Å²) in [5.74, 6) is -1.13. The zero-order valence-electron chi connectivity index (χ0n) is 7.71. The van der Waals surface area contributed by atoms with Gasteiger partial charge >= 0.3 is 5.97 Å². The van der Waals surface area contributed by atoms with Gasteiger partial charge in [-0.2, -0.15) is 0 Å². The van der Waals surface area contributed by atoms with Gasteiger partial charge in [0.15, 0.2) is 0 Å². The lowest BCUT2D eigenvalue weighted by molar-refractivity contribution is -0.134. The summed E-state index contributed by atoms with van der Waals surface area (Å²) in [6.07, 6.45) is -0.479. The lowest BCUT2D eigenvalue weighted by Crippen LogP contribution is -2.14. The van der Waals surface area contributed by atoms with E-state index in [9.17, 15) is 9.36 Å². The minimum absolute atomic E-state index is 0.435. The Hall–Kier alpha value is -1.12. The Kier molecular flexibility index (Phi) is 3.44. The molecule has 5 heteroatoms. The van der Waals surface area contributed by atoms with Crippen LogP contribution in [0.15, 0.2) is 30.3 Å². The van der Waals surface area contributed by atoms with E-state index >= 15 is 0 Å². The van der Waals surface area contributed by atoms with Crippen molar-refractivity contribution in [3.63, 3.8) is 0 Å². The first kappa shape index (κ1) is 11.0. The molecule has 0 saturated heterocycles. The summed E-state index contributed by atoms with van der Waals surface area (Å²) in [6.45, 7) is 0. The maximum absolute atomic E-state index is 12.0. The van der Waals surface area contributed by atoms with Crippen LogP contribution in [0.1, 0.15) is 0 Å². The van der Waals surface area contributed by atoms with Gasteiger partial charge in [0.05, 0.1) is 0 Å². The minimum atomic E-state index is -3.21. The van der Waals surface area contributed by atoms with Gasteiger partial charge in [-0.1, -0.05) is 18.2 Å². The molecule has 0 unspecified atom stereocenters. The molecule has 0 spiro atoms. The molecule has 14 heavy (non-hydrogen) atoms. The van der Waals surface area contributed by atoms with Crippen LogP contribution in [-0.2, 0) is 13.9 Å². The van der Waals surface area contributed by atoms with E-state index in [0.717, 1.165) is 0 Å². The van der Waals surface area contributed by atoms with Crippen LogP contribution in [0.2, 0.25) is 0 Å². The van der Waals surface area contributed by atoms with Gasteiger partial charge in [-0.05, 0) is 12.1 Å². The third-order valence-corrected chi connectivity index (χ3v) is 4.15. The van der Waals surface area contributed by atoms with E-state index in [1.165, 1.54) is 7.11 Å². The minimum Gasteiger partial charge on any atom is -0.481 e. The van der Waals surface area contributed by atoms with Crippen molar-refractivity contribution < 1.29 is 19.0 Å². The first-order valence-electron chi connectivity index (χ1n) is 4.01. The molecule has 0 aromatic heterocycles. The highest BCUT2D eigenvalue weighted by molar-refractivity contribution is 7.67. The molecule has 0 saturated carbocycles. The number of carboxylic acid groups (broad SMARTS) is 1. The van der Waals surface area contributed by atoms with Gasteiger partial charge < -0.3 is 9.63 Å². The lowest BCUT2D eigenvalue weighted by Gasteiger charge is -2.13. The normalized spacial score (nSPS) is 14.6. The second-order valence-electron chi connectivity index (χ2n) is 2.74. The van der Waals surface area contributed by atoms with Crippen LogP contribution in [-0.4, -0.2) is 24.3 Å². The standard InChI is InChI=1S/C9H11O4P/c1-13-14(12,7-9(10)11)8-5-3-2-4-6-8/h2-6H,7H2,1H3,(H,10,11)/t14-/m0/s1. The van der Waals surface area contributed by atoms with Crippen LogP contribution in [0.4, 0.5) is 0 Å². The van der Waals surface area contributed by atoms with E-state index in [1.54, 1.807) is 30.3 Å². The van der Waals surface area contributed by atoms with Crippen molar-refractivity contribution in [3.05, 3.63) is 30.3 Å². The van der Waals surface area contributed by atoms with Crippen LogP contribution in [0.25, 0.3) is 0 Å². The van der Waals surface area contributed by atoms with Crippen molar-refractivity contribution in [2.75, 3.05) is 13.3 Å². The SMILES string of the molecule is CO[P@@](=O)(CC(=O)O)c1ccccc1. The Morgan fingerprint density at radius 2 is 2.00 bits per heavy atom. The fourth-order valence-electron chi connectivity index (χ4n) is 1.09. The second kappa shape index (κ2) is 4.40. The summed E-state index contributed by atoms with van der Waals surface area (Å²) in [6, 6.07) is 8.37. The summed E-state index contributed by atoms with van der Waals surface area (Å²) >= 11 is 0. The predicted octanol–water partition coefficient (Wildman–Crippen LogP) is 1.32. The third-order valence-electron chi connectivity index (χ3n) is 1.79. The number of carboxylic acids is 1. The molecular formula is C9H11O4P. The van der Waals surface area contributed by atoms with Gasteiger partial charge in [0.1, 0.15) is 6.16 Å². The number of hydrogen-bond donors (Lipinski definition) is 1. The van der Waals surface area contributed by atoms with Crippen molar-refractivity contribution in [1.82, 2.24) is 0 Å². The third kappa shape index (κ3) is 2.44. The van der Waals surface area contributed by atoms with E-state index in [2.05, 4.69) is 0 Å². The van der Waals surface area contributed by atoms with Crippen molar-refractivity contribution in [2.45, 2.75) is 0 Å². The number of benzene rings is 1. The lowest BCUT2D eigenvalue weighted by atomic mass is 10.4. The first-order chi connectivity index (χ1) is 6.58. The number of rotatable bonds is 4. The first-order valence-corrected chi connectivity index (χ1v) is 5.82. The van der Waals surface area contributed by atoms with E-state index in [4.69, 9.17) is 9.63 Å². The Bertz CT molecular complexity index is 360. The van der Waals surface area contributed by atoms with Gasteiger partial charge in [0.25, 0.3) is 0 Å². The van der Waals surface area contributed by atoms with Crippen LogP contribution in [0.5, 0.6) is 0 Å². The topological polar surface area (TPSA) is 63.6 Å². The summed E-state index contributed by atoms with van der Waals surface area (Å²) in [5, 5.41) is 9.02. The zero-order chi connectivity index (χ0) is 10.6. The van der Waals surface area contributed by atoms with Crippen LogP contribution < -0.4 is 5.30 Å². The smallest absolute Gasteiger partial charge is 0.313 e. The Labute approximate surface area is 82.0 Å². The van der Waals surface area contributed by atoms with Gasteiger partial charge in [0.2, 0.25) is 7.37 Å². The average molecular weight is 214 g/mol. The summed E-state index contributed by atoms with van der Waals surface area (Å²) < 4.78 is 16.8. The second-order valence-corrected chi connectivity index (χ2v) is 5.29. The maximum Gasteiger partial charge on any atom is 0.313 e. The Morgan fingerprint density at radius 3 is 2.43 bits per heavy atom. The summed E-state index contributed by atoms with van der Waals surface area (Å²) in [4.78, 5) is 10.5. The fraction of sp³-hybridized carbons (Fsp3) is 0.222. The van der Waals surface area contributed by atoms with Gasteiger partial charge in [-0.15, -0.1) is 0 Å². The molecule has 0 fully saturated rings. The molecule has 0 bridgehead atoms. The molecule has 0 aliphatic heterocycles. The van der Waals surface area contributed by atoms with Gasteiger partial charge in [-0.25, -0.2) is 0 Å². The molecule has 1 atom stereocenters. The molecule has 4 nitrogen and oxygen atoms in total. The highest BCUT2D eigenvalue weighted by Crippen LogP contribution is 2.44. The fourth-order valence-corrected chi connectivity index (χ4v) is 2.60. The highest BCUT2D eigenvalue weighted by Gasteiger charge is 2.27. The molecule has 0 heterocycles. The molecule has 0 aliphatic rings. The molecule has 0 radical (unpaired) electrons. The number of carbonyl (C=O) groups is 1. The monoisotopic (exact) mass is 214 g/mol. The summed E-state index contributed by atoms with van der Waals surface area (Å²) in [7, 11) is -1.95. The molecular weight excluding hydrogens is 203 g/mol. The van der Waals surface area contributed by atoms with Crippen molar-refractivity contribution in [2.24, 2.45) is 0 Å². The zero-order valence-corrected chi connectivity index (χ0v) is 8.61. The largest absolute Gasteiger partial charge is 0.481 e. The van der Waals surface area contributed by atoms with E-state index < -0.39 is 19.5 Å². The summed E-state index contributed by atoms with van der Waals surface area (Å²) in [5.41, 5.74) is 0. The van der Waals surface area contributed by atoms with Crippen LogP contribution in [0.3, 0.4) is 0 Å². The predicted molar refractivity (Wildman–Crippen MR) is 53.2 cm³/mol. The molecule has 1 N–H and O–H groups in total. The quantitative estimate of drug-likeness (QED) is 0.768. The highest BCUT2D eigenvalue weighted by atomic mass is 31.2. The number of hydrogen-bond acceptors (Lipinski definition) is 3. The molecule has 1 aromatic carbocycles. The van der Waals surface area contributed by atoms with Crippen molar-refractivity contribution >= 4 is 18.6 Å². The average Bonchev–Trinajstić information content (AvgIpc) is 2.18. The van der Waals surface area contributed by atoms with Crippen LogP contribution >= 0.6 is 7.37 Å². The van der Waals surface area contributed by atoms with Crippen molar-refractivity contribution in [3.8, 4) is 0 Å². The maximum atomic E-state index is 12.0. The Balaban J connectivity index is 3.02. The van der Waals surface area contributed by atoms with Crippen molar-refractivity contribution in [1.29, 1.82) is 0 Å². The number of aliphatic carboxylic acids is 1. The molecule has 0 aliphatic carbocycles. The van der Waals surface area contributed by atoms with E-state index in [1.807, 2.05) is 0 Å². The van der Waals surface area contributed by atoms with E-state index in [0.29, 0.717) is 5.30 Å². The molecule has 1 aromatic rings. The van der Waals surface area contributed by atoms with Crippen LogP contribution in [0, 0.1) is 0 Å². The molecule has 76 valence electrons. The molecule has 1 rings (SSSR count).